The van der Waals surface area contributed by atoms with Gasteiger partial charge >= 0.3 is 0 Å². The van der Waals surface area contributed by atoms with E-state index >= 15 is 0 Å². The molecule has 0 saturated carbocycles. The van der Waals surface area contributed by atoms with Crippen LogP contribution in [0, 0.1) is 5.82 Å². The number of pyridine rings is 1. The minimum Gasteiger partial charge on any atom is -0.388 e. The van der Waals surface area contributed by atoms with Crippen LogP contribution < -0.4 is 5.32 Å². The lowest BCUT2D eigenvalue weighted by atomic mass is 9.88. The molecule has 5 heteroatoms. The second-order valence-corrected chi connectivity index (χ2v) is 6.38. The van der Waals surface area contributed by atoms with Gasteiger partial charge < -0.3 is 5.32 Å². The highest BCUT2D eigenvalue weighted by atomic mass is 19.1. The fourth-order valence-corrected chi connectivity index (χ4v) is 2.29. The first-order valence-corrected chi connectivity index (χ1v) is 7.22. The third-order valence-corrected chi connectivity index (χ3v) is 3.71. The minimum atomic E-state index is -0.317. The summed E-state index contributed by atoms with van der Waals surface area (Å²) in [4.78, 5) is 4.40. The average molecular weight is 298 g/mol. The van der Waals surface area contributed by atoms with Crippen LogP contribution in [0.3, 0.4) is 0 Å². The molecule has 0 aliphatic rings. The number of benzene rings is 1. The molecular formula is C17H19FN4. The van der Waals surface area contributed by atoms with E-state index < -0.39 is 0 Å². The molecule has 0 unspecified atom stereocenters. The summed E-state index contributed by atoms with van der Waals surface area (Å²) in [5.74, 6) is -0.317. The number of aromatic nitrogens is 3. The highest BCUT2D eigenvalue weighted by Gasteiger charge is 2.16. The molecule has 114 valence electrons. The van der Waals surface area contributed by atoms with E-state index in [1.165, 1.54) is 6.07 Å². The van der Waals surface area contributed by atoms with Crippen molar-refractivity contribution < 1.29 is 4.39 Å². The lowest BCUT2D eigenvalue weighted by Crippen LogP contribution is -2.11. The number of hydrogen-bond donors (Lipinski definition) is 1. The zero-order valence-electron chi connectivity index (χ0n) is 13.2. The molecule has 0 amide bonds. The van der Waals surface area contributed by atoms with Crippen molar-refractivity contribution in [3.05, 3.63) is 48.0 Å². The normalized spacial score (nSPS) is 11.9. The molecule has 3 rings (SSSR count). The van der Waals surface area contributed by atoms with Crippen LogP contribution in [0.2, 0.25) is 0 Å². The van der Waals surface area contributed by atoms with Crippen LogP contribution in [0.15, 0.2) is 36.7 Å². The molecule has 2 aromatic heterocycles. The maximum atomic E-state index is 14.1. The summed E-state index contributed by atoms with van der Waals surface area (Å²) in [6.45, 7) is 6.41. The Labute approximate surface area is 129 Å². The quantitative estimate of drug-likeness (QED) is 0.780. The van der Waals surface area contributed by atoms with E-state index in [4.69, 9.17) is 0 Å². The number of fused-ring (bicyclic) bond motifs is 1. The maximum absolute atomic E-state index is 14.1. The summed E-state index contributed by atoms with van der Waals surface area (Å²) in [6, 6.07) is 6.91. The van der Waals surface area contributed by atoms with Gasteiger partial charge in [0.15, 0.2) is 5.65 Å². The molecule has 0 radical (unpaired) electrons. The van der Waals surface area contributed by atoms with Crippen LogP contribution in [0.25, 0.3) is 16.7 Å². The average Bonchev–Trinajstić information content (AvgIpc) is 2.89. The van der Waals surface area contributed by atoms with Crippen LogP contribution in [0.4, 0.5) is 10.1 Å². The monoisotopic (exact) mass is 298 g/mol. The zero-order valence-corrected chi connectivity index (χ0v) is 13.2. The Bertz CT molecular complexity index is 830. The molecule has 1 aromatic carbocycles. The molecule has 4 nitrogen and oxygen atoms in total. The van der Waals surface area contributed by atoms with Crippen molar-refractivity contribution in [1.82, 2.24) is 14.8 Å². The second kappa shape index (κ2) is 5.09. The van der Waals surface area contributed by atoms with Crippen molar-refractivity contribution in [2.45, 2.75) is 26.2 Å². The van der Waals surface area contributed by atoms with Gasteiger partial charge in [-0.25, -0.2) is 14.1 Å². The van der Waals surface area contributed by atoms with Gasteiger partial charge in [0.2, 0.25) is 0 Å². The minimum absolute atomic E-state index is 0.0145. The Morgan fingerprint density at radius 2 is 1.95 bits per heavy atom. The smallest absolute Gasteiger partial charge is 0.181 e. The lowest BCUT2D eigenvalue weighted by Gasteiger charge is -2.17. The van der Waals surface area contributed by atoms with Crippen molar-refractivity contribution in [1.29, 1.82) is 0 Å². The number of anilines is 1. The van der Waals surface area contributed by atoms with Crippen molar-refractivity contribution >= 4 is 16.7 Å². The molecule has 0 spiro atoms. The topological polar surface area (TPSA) is 42.7 Å². The molecule has 0 saturated heterocycles. The van der Waals surface area contributed by atoms with Gasteiger partial charge in [-0.05, 0) is 35.2 Å². The molecule has 3 aromatic rings. The van der Waals surface area contributed by atoms with Gasteiger partial charge in [0.05, 0.1) is 0 Å². The van der Waals surface area contributed by atoms with Gasteiger partial charge in [-0.15, -0.1) is 5.10 Å². The van der Waals surface area contributed by atoms with Gasteiger partial charge in [0.1, 0.15) is 11.5 Å². The summed E-state index contributed by atoms with van der Waals surface area (Å²) in [6.07, 6.45) is 3.65. The van der Waals surface area contributed by atoms with E-state index in [9.17, 15) is 4.39 Å². The van der Waals surface area contributed by atoms with Gasteiger partial charge in [-0.2, -0.15) is 0 Å². The first-order valence-electron chi connectivity index (χ1n) is 7.22. The Kier molecular flexibility index (Phi) is 3.35. The highest BCUT2D eigenvalue weighted by Crippen LogP contribution is 2.25. The van der Waals surface area contributed by atoms with E-state index in [1.54, 1.807) is 23.9 Å². The molecule has 1 N–H and O–H groups in total. The Hall–Kier alpha value is -2.43. The first kappa shape index (κ1) is 14.5. The molecule has 22 heavy (non-hydrogen) atoms. The van der Waals surface area contributed by atoms with E-state index in [0.29, 0.717) is 11.3 Å². The van der Waals surface area contributed by atoms with Crippen LogP contribution >= 0.6 is 0 Å². The van der Waals surface area contributed by atoms with Crippen molar-refractivity contribution in [2.75, 3.05) is 12.4 Å². The predicted molar refractivity (Wildman–Crippen MR) is 87.1 cm³/mol. The summed E-state index contributed by atoms with van der Waals surface area (Å²) < 4.78 is 15.6. The molecule has 0 aliphatic heterocycles. The molecular weight excluding hydrogens is 279 g/mol. The van der Waals surface area contributed by atoms with Crippen molar-refractivity contribution in [3.63, 3.8) is 0 Å². The van der Waals surface area contributed by atoms with Gasteiger partial charge in [-0.3, -0.25) is 0 Å². The summed E-state index contributed by atoms with van der Waals surface area (Å²) >= 11 is 0. The summed E-state index contributed by atoms with van der Waals surface area (Å²) in [7, 11) is 1.80. The number of nitrogens with zero attached hydrogens (tertiary/aromatic N) is 3. The van der Waals surface area contributed by atoms with E-state index in [-0.39, 0.29) is 11.2 Å². The van der Waals surface area contributed by atoms with Crippen LogP contribution in [0.5, 0.6) is 0 Å². The molecule has 0 fully saturated rings. The SMILES string of the molecule is CNc1ccc(F)c(-n2cc3cc(C(C)(C)C)cnc3n2)c1. The Morgan fingerprint density at radius 3 is 2.64 bits per heavy atom. The van der Waals surface area contributed by atoms with E-state index in [1.807, 2.05) is 12.4 Å². The standard InChI is InChI=1S/C17H19FN4/c1-17(2,3)12-7-11-10-22(21-16(11)20-9-12)15-8-13(19-4)5-6-14(15)18/h5-10,19H,1-4H3. The van der Waals surface area contributed by atoms with Crippen molar-refractivity contribution in [2.24, 2.45) is 0 Å². The third kappa shape index (κ3) is 2.54. The highest BCUT2D eigenvalue weighted by molar-refractivity contribution is 5.75. The number of hydrogen-bond acceptors (Lipinski definition) is 3. The number of nitrogens with one attached hydrogen (secondary N) is 1. The molecule has 0 aliphatic carbocycles. The van der Waals surface area contributed by atoms with Crippen LogP contribution in [-0.2, 0) is 5.41 Å². The first-order chi connectivity index (χ1) is 10.4. The Balaban J connectivity index is 2.13. The predicted octanol–water partition coefficient (Wildman–Crippen LogP) is 3.90. The fraction of sp³-hybridized carbons (Fsp3) is 0.294. The van der Waals surface area contributed by atoms with Crippen molar-refractivity contribution in [3.8, 4) is 5.69 Å². The Morgan fingerprint density at radius 1 is 1.18 bits per heavy atom. The number of halogens is 1. The summed E-state index contributed by atoms with van der Waals surface area (Å²) in [5.41, 5.74) is 2.99. The van der Waals surface area contributed by atoms with Gasteiger partial charge in [-0.1, -0.05) is 20.8 Å². The van der Waals surface area contributed by atoms with Crippen LogP contribution in [-0.4, -0.2) is 21.8 Å². The lowest BCUT2D eigenvalue weighted by molar-refractivity contribution is 0.588. The van der Waals surface area contributed by atoms with Gasteiger partial charge in [0.25, 0.3) is 0 Å². The van der Waals surface area contributed by atoms with Gasteiger partial charge in [0, 0.05) is 30.5 Å². The number of rotatable bonds is 2. The van der Waals surface area contributed by atoms with E-state index in [2.05, 4.69) is 42.2 Å². The second-order valence-electron chi connectivity index (χ2n) is 6.38. The zero-order chi connectivity index (χ0) is 15.9. The largest absolute Gasteiger partial charge is 0.388 e. The molecule has 0 atom stereocenters. The van der Waals surface area contributed by atoms with E-state index in [0.717, 1.165) is 16.6 Å². The van der Waals surface area contributed by atoms with Crippen LogP contribution in [0.1, 0.15) is 26.3 Å². The summed E-state index contributed by atoms with van der Waals surface area (Å²) in [5, 5.41) is 8.29. The maximum Gasteiger partial charge on any atom is 0.181 e. The molecule has 0 bridgehead atoms. The fourth-order valence-electron chi connectivity index (χ4n) is 2.29. The molecule has 2 heterocycles. The third-order valence-electron chi connectivity index (χ3n) is 3.71.